The van der Waals surface area contributed by atoms with E-state index in [1.807, 2.05) is 6.07 Å². The van der Waals surface area contributed by atoms with Crippen molar-refractivity contribution in [2.45, 2.75) is 6.92 Å². The zero-order valence-corrected chi connectivity index (χ0v) is 12.5. The predicted octanol–water partition coefficient (Wildman–Crippen LogP) is 2.09. The molecule has 2 aromatic carbocycles. The van der Waals surface area contributed by atoms with Gasteiger partial charge in [-0.25, -0.2) is 5.06 Å². The molecular weight excluding hydrogens is 296 g/mol. The van der Waals surface area contributed by atoms with Crippen molar-refractivity contribution in [3.8, 4) is 0 Å². The summed E-state index contributed by atoms with van der Waals surface area (Å²) in [6, 6.07) is 15.3. The first-order chi connectivity index (χ1) is 11.0. The highest BCUT2D eigenvalue weighted by molar-refractivity contribution is 6.13. The molecule has 0 unspecified atom stereocenters. The number of carbonyl (C=O) groups excluding carboxylic acids is 3. The number of benzene rings is 2. The number of hydrogen-bond donors (Lipinski definition) is 2. The minimum Gasteiger partial charge on any atom is -0.324 e. The van der Waals surface area contributed by atoms with E-state index in [9.17, 15) is 19.6 Å². The van der Waals surface area contributed by atoms with Gasteiger partial charge < -0.3 is 5.32 Å². The van der Waals surface area contributed by atoms with Crippen LogP contribution in [0.3, 0.4) is 0 Å². The van der Waals surface area contributed by atoms with Gasteiger partial charge in [0.15, 0.2) is 5.78 Å². The van der Waals surface area contributed by atoms with Crippen molar-refractivity contribution in [1.29, 1.82) is 0 Å². The van der Waals surface area contributed by atoms with Gasteiger partial charge in [-0.3, -0.25) is 19.6 Å². The van der Waals surface area contributed by atoms with Crippen molar-refractivity contribution in [2.24, 2.45) is 0 Å². The van der Waals surface area contributed by atoms with E-state index in [4.69, 9.17) is 0 Å². The lowest BCUT2D eigenvalue weighted by Gasteiger charge is -2.14. The summed E-state index contributed by atoms with van der Waals surface area (Å²) in [7, 11) is 0. The zero-order chi connectivity index (χ0) is 16.8. The van der Waals surface area contributed by atoms with Crippen LogP contribution in [0.1, 0.15) is 22.8 Å². The maximum Gasteiger partial charge on any atom is 0.246 e. The van der Waals surface area contributed by atoms with Crippen molar-refractivity contribution in [2.75, 3.05) is 11.9 Å². The summed E-state index contributed by atoms with van der Waals surface area (Å²) in [6.07, 6.45) is 0. The molecule has 2 N–H and O–H groups in total. The lowest BCUT2D eigenvalue weighted by molar-refractivity contribution is -0.165. The molecule has 6 nitrogen and oxygen atoms in total. The number of ketones is 1. The van der Waals surface area contributed by atoms with Crippen LogP contribution in [0.25, 0.3) is 0 Å². The molecule has 0 aliphatic carbocycles. The van der Waals surface area contributed by atoms with E-state index in [0.29, 0.717) is 21.9 Å². The Kier molecular flexibility index (Phi) is 5.22. The number of amides is 2. The second kappa shape index (κ2) is 7.33. The Bertz CT molecular complexity index is 728. The van der Waals surface area contributed by atoms with Crippen LogP contribution >= 0.6 is 0 Å². The quantitative estimate of drug-likeness (QED) is 0.503. The average molecular weight is 312 g/mol. The summed E-state index contributed by atoms with van der Waals surface area (Å²) < 4.78 is 0. The van der Waals surface area contributed by atoms with E-state index in [0.717, 1.165) is 6.92 Å². The summed E-state index contributed by atoms with van der Waals surface area (Å²) >= 11 is 0. The highest BCUT2D eigenvalue weighted by Crippen LogP contribution is 2.19. The molecule has 0 aliphatic heterocycles. The van der Waals surface area contributed by atoms with Crippen molar-refractivity contribution < 1.29 is 19.6 Å². The molecule has 0 bridgehead atoms. The van der Waals surface area contributed by atoms with Crippen molar-refractivity contribution in [3.05, 3.63) is 65.7 Å². The van der Waals surface area contributed by atoms with Gasteiger partial charge in [0.1, 0.15) is 6.54 Å². The second-order valence-electron chi connectivity index (χ2n) is 4.87. The Morgan fingerprint density at radius 1 is 1.00 bits per heavy atom. The molecule has 0 saturated heterocycles. The Morgan fingerprint density at radius 3 is 2.26 bits per heavy atom. The largest absolute Gasteiger partial charge is 0.324 e. The molecule has 0 aliphatic rings. The number of hydroxylamine groups is 2. The van der Waals surface area contributed by atoms with Crippen LogP contribution in [0, 0.1) is 0 Å². The van der Waals surface area contributed by atoms with Crippen LogP contribution in [-0.2, 0) is 9.59 Å². The average Bonchev–Trinajstić information content (AvgIpc) is 2.55. The minimum atomic E-state index is -0.645. The summed E-state index contributed by atoms with van der Waals surface area (Å²) in [4.78, 5) is 35.3. The number of nitrogens with zero attached hydrogens (tertiary/aromatic N) is 1. The van der Waals surface area contributed by atoms with Crippen molar-refractivity contribution in [1.82, 2.24) is 5.06 Å². The smallest absolute Gasteiger partial charge is 0.246 e. The Morgan fingerprint density at radius 2 is 1.61 bits per heavy atom. The molecule has 118 valence electrons. The third-order valence-electron chi connectivity index (χ3n) is 3.14. The van der Waals surface area contributed by atoms with E-state index < -0.39 is 18.4 Å². The number of carbonyl (C=O) groups is 3. The van der Waals surface area contributed by atoms with Crippen LogP contribution in [0.5, 0.6) is 0 Å². The molecule has 2 aromatic rings. The minimum absolute atomic E-state index is 0.228. The van der Waals surface area contributed by atoms with Gasteiger partial charge in [-0.15, -0.1) is 0 Å². The second-order valence-corrected chi connectivity index (χ2v) is 4.87. The van der Waals surface area contributed by atoms with E-state index in [2.05, 4.69) is 5.32 Å². The third-order valence-corrected chi connectivity index (χ3v) is 3.14. The molecule has 0 spiro atoms. The first-order valence-corrected chi connectivity index (χ1v) is 6.94. The van der Waals surface area contributed by atoms with Gasteiger partial charge >= 0.3 is 0 Å². The summed E-state index contributed by atoms with van der Waals surface area (Å²) in [5.74, 6) is -1.47. The van der Waals surface area contributed by atoms with Crippen molar-refractivity contribution >= 4 is 23.3 Å². The molecule has 0 fully saturated rings. The number of nitrogens with one attached hydrogen (secondary N) is 1. The molecular formula is C17H16N2O4. The van der Waals surface area contributed by atoms with Crippen LogP contribution in [0.4, 0.5) is 5.69 Å². The fourth-order valence-electron chi connectivity index (χ4n) is 1.97. The summed E-state index contributed by atoms with van der Waals surface area (Å²) in [5, 5.41) is 12.1. The van der Waals surface area contributed by atoms with Gasteiger partial charge in [0, 0.05) is 18.1 Å². The zero-order valence-electron chi connectivity index (χ0n) is 12.5. The Hall–Kier alpha value is -2.99. The molecule has 6 heteroatoms. The van der Waals surface area contributed by atoms with E-state index >= 15 is 0 Å². The fourth-order valence-corrected chi connectivity index (χ4v) is 1.97. The van der Waals surface area contributed by atoms with Crippen molar-refractivity contribution in [3.63, 3.8) is 0 Å². The number of para-hydroxylation sites is 1. The van der Waals surface area contributed by atoms with Gasteiger partial charge in [-0.1, -0.05) is 42.5 Å². The molecule has 0 heterocycles. The molecule has 0 saturated carbocycles. The Balaban J connectivity index is 2.20. The van der Waals surface area contributed by atoms with E-state index in [1.54, 1.807) is 48.5 Å². The molecule has 0 radical (unpaired) electrons. The van der Waals surface area contributed by atoms with E-state index in [-0.39, 0.29) is 5.78 Å². The van der Waals surface area contributed by atoms with Gasteiger partial charge in [-0.05, 0) is 12.1 Å². The third kappa shape index (κ3) is 4.24. The lowest BCUT2D eigenvalue weighted by Crippen LogP contribution is -2.34. The predicted molar refractivity (Wildman–Crippen MR) is 84.1 cm³/mol. The maximum atomic E-state index is 12.5. The number of rotatable bonds is 5. The summed E-state index contributed by atoms with van der Waals surface area (Å²) in [6.45, 7) is 0.628. The monoisotopic (exact) mass is 312 g/mol. The molecule has 23 heavy (non-hydrogen) atoms. The molecule has 2 rings (SSSR count). The Labute approximate surface area is 133 Å². The van der Waals surface area contributed by atoms with Gasteiger partial charge in [0.25, 0.3) is 0 Å². The SMILES string of the molecule is CC(=O)N(O)CC(=O)Nc1ccccc1C(=O)c1ccccc1. The molecule has 0 aromatic heterocycles. The van der Waals surface area contributed by atoms with Gasteiger partial charge in [0.05, 0.1) is 5.69 Å². The normalized spacial score (nSPS) is 10.0. The topological polar surface area (TPSA) is 86.7 Å². The van der Waals surface area contributed by atoms with Gasteiger partial charge in [-0.2, -0.15) is 0 Å². The fraction of sp³-hybridized carbons (Fsp3) is 0.118. The van der Waals surface area contributed by atoms with Crippen LogP contribution in [-0.4, -0.2) is 34.4 Å². The number of anilines is 1. The van der Waals surface area contributed by atoms with Crippen LogP contribution < -0.4 is 5.32 Å². The molecule has 0 atom stereocenters. The highest BCUT2D eigenvalue weighted by Gasteiger charge is 2.16. The lowest BCUT2D eigenvalue weighted by atomic mass is 10.0. The molecule has 2 amide bonds. The van der Waals surface area contributed by atoms with E-state index in [1.165, 1.54) is 0 Å². The standard InChI is InChI=1S/C17H16N2O4/c1-12(20)19(23)11-16(21)18-15-10-6-5-9-14(15)17(22)13-7-3-2-4-8-13/h2-10,23H,11H2,1H3,(H,18,21). The maximum absolute atomic E-state index is 12.5. The van der Waals surface area contributed by atoms with Gasteiger partial charge in [0.2, 0.25) is 11.8 Å². The highest BCUT2D eigenvalue weighted by atomic mass is 16.5. The van der Waals surface area contributed by atoms with Crippen LogP contribution in [0.2, 0.25) is 0 Å². The first-order valence-electron chi connectivity index (χ1n) is 6.94. The number of hydrogen-bond acceptors (Lipinski definition) is 4. The summed E-state index contributed by atoms with van der Waals surface area (Å²) in [5.41, 5.74) is 1.16. The first kappa shape index (κ1) is 16.4. The van der Waals surface area contributed by atoms with Crippen LogP contribution in [0.15, 0.2) is 54.6 Å².